The van der Waals surface area contributed by atoms with E-state index in [1.165, 1.54) is 10.6 Å². The molecule has 1 heterocycles. The van der Waals surface area contributed by atoms with Crippen LogP contribution in [0.2, 0.25) is 0 Å². The number of alkyl halides is 3. The van der Waals surface area contributed by atoms with Crippen molar-refractivity contribution in [3.8, 4) is 11.4 Å². The van der Waals surface area contributed by atoms with Crippen molar-refractivity contribution in [2.75, 3.05) is 0 Å². The van der Waals surface area contributed by atoms with Gasteiger partial charge in [0.2, 0.25) is 0 Å². The van der Waals surface area contributed by atoms with Gasteiger partial charge in [-0.2, -0.15) is 13.2 Å². The second kappa shape index (κ2) is 4.93. The maximum atomic E-state index is 12.7. The zero-order valence-corrected chi connectivity index (χ0v) is 11.3. The molecule has 102 valence electrons. The summed E-state index contributed by atoms with van der Waals surface area (Å²) in [5.41, 5.74) is -0.497. The minimum Gasteiger partial charge on any atom is -0.388 e. The Balaban J connectivity index is 2.58. The molecular weight excluding hydrogens is 327 g/mol. The predicted molar refractivity (Wildman–Crippen MR) is 65.1 cm³/mol. The third-order valence-corrected chi connectivity index (χ3v) is 3.33. The molecule has 2 aromatic rings. The van der Waals surface area contributed by atoms with Gasteiger partial charge in [0.15, 0.2) is 11.6 Å². The van der Waals surface area contributed by atoms with Crippen molar-refractivity contribution in [3.63, 3.8) is 0 Å². The molecular formula is C11H9BrF3N3O. The van der Waals surface area contributed by atoms with Gasteiger partial charge in [0.05, 0.1) is 5.56 Å². The van der Waals surface area contributed by atoms with Gasteiger partial charge in [-0.25, -0.2) is 0 Å². The van der Waals surface area contributed by atoms with Crippen molar-refractivity contribution in [2.24, 2.45) is 7.05 Å². The molecule has 0 fully saturated rings. The molecule has 1 aromatic heterocycles. The quantitative estimate of drug-likeness (QED) is 0.918. The van der Waals surface area contributed by atoms with Crippen molar-refractivity contribution in [1.29, 1.82) is 0 Å². The van der Waals surface area contributed by atoms with Crippen LogP contribution < -0.4 is 0 Å². The van der Waals surface area contributed by atoms with E-state index < -0.39 is 11.7 Å². The first-order valence-corrected chi connectivity index (χ1v) is 6.00. The second-order valence-corrected chi connectivity index (χ2v) is 4.70. The summed E-state index contributed by atoms with van der Waals surface area (Å²) in [6, 6.07) is 3.29. The van der Waals surface area contributed by atoms with Crippen LogP contribution in [-0.4, -0.2) is 19.9 Å². The molecule has 1 aromatic carbocycles. The molecule has 0 bridgehead atoms. The van der Waals surface area contributed by atoms with Gasteiger partial charge < -0.3 is 9.67 Å². The Bertz CT molecular complexity index is 610. The van der Waals surface area contributed by atoms with Gasteiger partial charge in [-0.15, -0.1) is 10.2 Å². The fourth-order valence-corrected chi connectivity index (χ4v) is 2.03. The lowest BCUT2D eigenvalue weighted by Crippen LogP contribution is -2.06. The van der Waals surface area contributed by atoms with Crippen LogP contribution in [0.15, 0.2) is 22.7 Å². The fourth-order valence-electron chi connectivity index (χ4n) is 1.61. The number of hydrogen-bond donors (Lipinski definition) is 1. The summed E-state index contributed by atoms with van der Waals surface area (Å²) in [5, 5.41) is 16.5. The van der Waals surface area contributed by atoms with Crippen LogP contribution in [0.4, 0.5) is 13.2 Å². The van der Waals surface area contributed by atoms with Crippen LogP contribution in [0, 0.1) is 0 Å². The van der Waals surface area contributed by atoms with Crippen LogP contribution in [0.5, 0.6) is 0 Å². The van der Waals surface area contributed by atoms with Gasteiger partial charge in [0.25, 0.3) is 0 Å². The van der Waals surface area contributed by atoms with Crippen molar-refractivity contribution in [3.05, 3.63) is 34.1 Å². The molecule has 0 spiro atoms. The monoisotopic (exact) mass is 335 g/mol. The zero-order chi connectivity index (χ0) is 14.2. The van der Waals surface area contributed by atoms with Crippen LogP contribution in [0.25, 0.3) is 11.4 Å². The van der Waals surface area contributed by atoms with E-state index in [4.69, 9.17) is 5.11 Å². The lowest BCUT2D eigenvalue weighted by molar-refractivity contribution is -0.137. The Morgan fingerprint density at radius 1 is 1.32 bits per heavy atom. The first-order valence-electron chi connectivity index (χ1n) is 5.21. The number of aliphatic hydroxyl groups excluding tert-OH is 1. The number of benzene rings is 1. The maximum Gasteiger partial charge on any atom is 0.416 e. The molecule has 1 N–H and O–H groups in total. The van der Waals surface area contributed by atoms with E-state index in [0.29, 0.717) is 4.47 Å². The number of halogens is 4. The fraction of sp³-hybridized carbons (Fsp3) is 0.273. The Labute approximate surface area is 115 Å². The van der Waals surface area contributed by atoms with E-state index in [2.05, 4.69) is 26.1 Å². The molecule has 0 radical (unpaired) electrons. The number of aliphatic hydroxyl groups is 1. The van der Waals surface area contributed by atoms with Crippen LogP contribution in [0.3, 0.4) is 0 Å². The van der Waals surface area contributed by atoms with Gasteiger partial charge in [0.1, 0.15) is 6.61 Å². The Morgan fingerprint density at radius 2 is 2.00 bits per heavy atom. The third-order valence-electron chi connectivity index (χ3n) is 2.64. The Morgan fingerprint density at radius 3 is 2.53 bits per heavy atom. The van der Waals surface area contributed by atoms with Crippen LogP contribution in [0.1, 0.15) is 11.4 Å². The van der Waals surface area contributed by atoms with E-state index in [0.717, 1.165) is 12.1 Å². The summed E-state index contributed by atoms with van der Waals surface area (Å²) in [5.74, 6) is 0.529. The van der Waals surface area contributed by atoms with Gasteiger partial charge in [-0.3, -0.25) is 0 Å². The Hall–Kier alpha value is -1.41. The summed E-state index contributed by atoms with van der Waals surface area (Å²) in [6.07, 6.45) is -4.42. The van der Waals surface area contributed by atoms with Crippen molar-refractivity contribution < 1.29 is 18.3 Å². The molecule has 8 heteroatoms. The molecule has 0 unspecified atom stereocenters. The Kier molecular flexibility index (Phi) is 3.64. The number of nitrogens with zero attached hydrogens (tertiary/aromatic N) is 3. The van der Waals surface area contributed by atoms with E-state index in [1.807, 2.05) is 0 Å². The number of hydrogen-bond acceptors (Lipinski definition) is 3. The smallest absolute Gasteiger partial charge is 0.388 e. The first kappa shape index (κ1) is 14.0. The van der Waals surface area contributed by atoms with E-state index in [-0.39, 0.29) is 23.8 Å². The van der Waals surface area contributed by atoms with Crippen molar-refractivity contribution >= 4 is 15.9 Å². The predicted octanol–water partition coefficient (Wildman–Crippen LogP) is 2.76. The third kappa shape index (κ3) is 2.64. The van der Waals surface area contributed by atoms with Crippen LogP contribution >= 0.6 is 15.9 Å². The summed E-state index contributed by atoms with van der Waals surface area (Å²) in [7, 11) is 1.58. The zero-order valence-electron chi connectivity index (χ0n) is 9.74. The molecule has 0 saturated carbocycles. The molecule has 0 amide bonds. The number of aromatic nitrogens is 3. The number of rotatable bonds is 2. The molecule has 0 atom stereocenters. The minimum atomic E-state index is -4.42. The van der Waals surface area contributed by atoms with Crippen LogP contribution in [-0.2, 0) is 19.8 Å². The lowest BCUT2D eigenvalue weighted by atomic mass is 10.1. The molecule has 0 aliphatic heterocycles. The van der Waals surface area contributed by atoms with Gasteiger partial charge in [-0.05, 0) is 18.2 Å². The molecule has 0 aliphatic rings. The molecule has 4 nitrogen and oxygen atoms in total. The highest BCUT2D eigenvalue weighted by Gasteiger charge is 2.31. The summed E-state index contributed by atoms with van der Waals surface area (Å²) < 4.78 is 40.0. The summed E-state index contributed by atoms with van der Waals surface area (Å²) >= 11 is 3.19. The lowest BCUT2D eigenvalue weighted by Gasteiger charge is -2.10. The van der Waals surface area contributed by atoms with E-state index in [9.17, 15) is 13.2 Å². The first-order chi connectivity index (χ1) is 8.84. The highest BCUT2D eigenvalue weighted by atomic mass is 79.9. The average Bonchev–Trinajstić information content (AvgIpc) is 2.69. The largest absolute Gasteiger partial charge is 0.416 e. The van der Waals surface area contributed by atoms with Gasteiger partial charge >= 0.3 is 6.18 Å². The normalized spacial score (nSPS) is 11.9. The molecule has 19 heavy (non-hydrogen) atoms. The van der Waals surface area contributed by atoms with Gasteiger partial charge in [0, 0.05) is 17.1 Å². The van der Waals surface area contributed by atoms with Gasteiger partial charge in [-0.1, -0.05) is 15.9 Å². The summed E-state index contributed by atoms with van der Waals surface area (Å²) in [4.78, 5) is 0. The van der Waals surface area contributed by atoms with Crippen molar-refractivity contribution in [1.82, 2.24) is 14.8 Å². The van der Waals surface area contributed by atoms with Crippen molar-refractivity contribution in [2.45, 2.75) is 12.8 Å². The second-order valence-electron chi connectivity index (χ2n) is 3.85. The minimum absolute atomic E-state index is 0.252. The molecule has 2 rings (SSSR count). The average molecular weight is 336 g/mol. The topological polar surface area (TPSA) is 50.9 Å². The highest BCUT2D eigenvalue weighted by Crippen LogP contribution is 2.35. The highest BCUT2D eigenvalue weighted by molar-refractivity contribution is 9.10. The van der Waals surface area contributed by atoms with E-state index in [1.54, 1.807) is 7.05 Å². The standard InChI is InChI=1S/C11H9BrF3N3O/c1-18-9(5-19)16-17-10(18)7-4-6(11(13,14)15)2-3-8(7)12/h2-4,19H,5H2,1H3. The molecule has 0 aliphatic carbocycles. The van der Waals surface area contributed by atoms with E-state index >= 15 is 0 Å². The molecule has 0 saturated heterocycles. The summed E-state index contributed by atoms with van der Waals surface area (Å²) in [6.45, 7) is -0.333. The SMILES string of the molecule is Cn1c(CO)nnc1-c1cc(C(F)(F)F)ccc1Br. The maximum absolute atomic E-state index is 12.7.